The predicted octanol–water partition coefficient (Wildman–Crippen LogP) is 4.70. The largest absolute Gasteiger partial charge is 0.465 e. The molecule has 0 saturated heterocycles. The van der Waals surface area contributed by atoms with Gasteiger partial charge in [0.15, 0.2) is 5.78 Å². The van der Waals surface area contributed by atoms with Gasteiger partial charge in [0.25, 0.3) is 5.91 Å². The third-order valence-corrected chi connectivity index (χ3v) is 5.10. The zero-order valence-corrected chi connectivity index (χ0v) is 16.6. The quantitative estimate of drug-likeness (QED) is 0.350. The minimum Gasteiger partial charge on any atom is -0.465 e. The molecule has 1 N–H and O–H groups in total. The van der Waals surface area contributed by atoms with Crippen molar-refractivity contribution in [2.24, 2.45) is 0 Å². The molecule has 0 fully saturated rings. The van der Waals surface area contributed by atoms with E-state index in [4.69, 9.17) is 4.74 Å². The van der Waals surface area contributed by atoms with E-state index in [1.807, 2.05) is 24.3 Å². The number of methoxy groups -OCH3 is 1. The fourth-order valence-electron chi connectivity index (χ4n) is 2.63. The van der Waals surface area contributed by atoms with Crippen LogP contribution in [0.4, 0.5) is 5.69 Å². The Labute approximate surface area is 173 Å². The number of hydrogen-bond acceptors (Lipinski definition) is 5. The van der Waals surface area contributed by atoms with Crippen molar-refractivity contribution in [3.8, 4) is 0 Å². The zero-order valence-electron chi connectivity index (χ0n) is 15.8. The molecule has 0 aliphatic heterocycles. The lowest BCUT2D eigenvalue weighted by Crippen LogP contribution is -2.12. The minimum atomic E-state index is -0.470. The van der Waals surface area contributed by atoms with E-state index >= 15 is 0 Å². The molecule has 3 aromatic carbocycles. The number of ketones is 1. The highest BCUT2D eigenvalue weighted by Gasteiger charge is 2.11. The Balaban J connectivity index is 1.65. The highest BCUT2D eigenvalue weighted by Crippen LogP contribution is 2.21. The molecule has 0 aromatic heterocycles. The molecular formula is C23H19NO4S. The van der Waals surface area contributed by atoms with Crippen molar-refractivity contribution >= 4 is 35.1 Å². The summed E-state index contributed by atoms with van der Waals surface area (Å²) in [6, 6.07) is 22.7. The van der Waals surface area contributed by atoms with Crippen LogP contribution in [0, 0.1) is 0 Å². The third-order valence-electron chi connectivity index (χ3n) is 4.10. The van der Waals surface area contributed by atoms with Gasteiger partial charge in [-0.3, -0.25) is 9.59 Å². The molecule has 3 aromatic rings. The fraction of sp³-hybridized carbons (Fsp3) is 0.0870. The minimum absolute atomic E-state index is 0.0325. The van der Waals surface area contributed by atoms with E-state index in [2.05, 4.69) is 5.32 Å². The SMILES string of the molecule is COC(=O)c1cccc(NC(=O)c2cccc(SCC(=O)c3ccccc3)c2)c1. The van der Waals surface area contributed by atoms with Gasteiger partial charge in [-0.2, -0.15) is 0 Å². The molecule has 0 unspecified atom stereocenters. The maximum Gasteiger partial charge on any atom is 0.337 e. The first kappa shape index (κ1) is 20.4. The van der Waals surface area contributed by atoms with Crippen molar-refractivity contribution in [1.29, 1.82) is 0 Å². The monoisotopic (exact) mass is 405 g/mol. The number of carbonyl (C=O) groups excluding carboxylic acids is 3. The Hall–Kier alpha value is -3.38. The van der Waals surface area contributed by atoms with Crippen LogP contribution >= 0.6 is 11.8 Å². The maximum absolute atomic E-state index is 12.6. The second-order valence-electron chi connectivity index (χ2n) is 6.13. The van der Waals surface area contributed by atoms with Gasteiger partial charge in [-0.15, -0.1) is 11.8 Å². The van der Waals surface area contributed by atoms with Gasteiger partial charge < -0.3 is 10.1 Å². The summed E-state index contributed by atoms with van der Waals surface area (Å²) >= 11 is 1.38. The second-order valence-corrected chi connectivity index (χ2v) is 7.18. The number of nitrogens with one attached hydrogen (secondary N) is 1. The van der Waals surface area contributed by atoms with Gasteiger partial charge >= 0.3 is 5.97 Å². The Bertz CT molecular complexity index is 1030. The number of amides is 1. The van der Waals surface area contributed by atoms with Gasteiger partial charge in [-0.25, -0.2) is 4.79 Å². The summed E-state index contributed by atoms with van der Waals surface area (Å²) in [6.07, 6.45) is 0. The van der Waals surface area contributed by atoms with E-state index in [1.54, 1.807) is 54.6 Å². The van der Waals surface area contributed by atoms with Gasteiger partial charge in [0.2, 0.25) is 0 Å². The van der Waals surface area contributed by atoms with Crippen molar-refractivity contribution in [2.45, 2.75) is 4.90 Å². The lowest BCUT2D eigenvalue weighted by atomic mass is 10.1. The number of rotatable bonds is 7. The van der Waals surface area contributed by atoms with E-state index in [0.717, 1.165) is 4.90 Å². The first-order chi connectivity index (χ1) is 14.1. The first-order valence-electron chi connectivity index (χ1n) is 8.87. The average molecular weight is 405 g/mol. The Kier molecular flexibility index (Phi) is 6.81. The smallest absolute Gasteiger partial charge is 0.337 e. The third kappa shape index (κ3) is 5.56. The number of hydrogen-bond donors (Lipinski definition) is 1. The molecule has 0 heterocycles. The number of ether oxygens (including phenoxy) is 1. The summed E-state index contributed by atoms with van der Waals surface area (Å²) in [6.45, 7) is 0. The highest BCUT2D eigenvalue weighted by molar-refractivity contribution is 8.00. The van der Waals surface area contributed by atoms with Crippen LogP contribution in [0.5, 0.6) is 0 Å². The van der Waals surface area contributed by atoms with Crippen LogP contribution < -0.4 is 5.32 Å². The van der Waals surface area contributed by atoms with E-state index in [0.29, 0.717) is 22.4 Å². The van der Waals surface area contributed by atoms with E-state index < -0.39 is 5.97 Å². The van der Waals surface area contributed by atoms with Crippen molar-refractivity contribution in [1.82, 2.24) is 0 Å². The van der Waals surface area contributed by atoms with Gasteiger partial charge in [0, 0.05) is 21.7 Å². The average Bonchev–Trinajstić information content (AvgIpc) is 2.77. The van der Waals surface area contributed by atoms with Gasteiger partial charge in [0.1, 0.15) is 0 Å². The Morgan fingerprint density at radius 2 is 1.52 bits per heavy atom. The Morgan fingerprint density at radius 3 is 2.28 bits per heavy atom. The molecule has 0 radical (unpaired) electrons. The zero-order chi connectivity index (χ0) is 20.6. The number of carbonyl (C=O) groups is 3. The van der Waals surface area contributed by atoms with E-state index in [9.17, 15) is 14.4 Å². The number of benzene rings is 3. The molecule has 5 nitrogen and oxygen atoms in total. The lowest BCUT2D eigenvalue weighted by molar-refractivity contribution is 0.0600. The number of thioether (sulfide) groups is 1. The van der Waals surface area contributed by atoms with Crippen LogP contribution in [0.3, 0.4) is 0 Å². The van der Waals surface area contributed by atoms with E-state index in [-0.39, 0.29) is 17.4 Å². The molecule has 0 atom stereocenters. The molecule has 3 rings (SSSR count). The molecule has 0 aliphatic carbocycles. The maximum atomic E-state index is 12.6. The summed E-state index contributed by atoms with van der Waals surface area (Å²) in [5.74, 6) is -0.451. The molecular weight excluding hydrogens is 386 g/mol. The molecule has 1 amide bonds. The summed E-state index contributed by atoms with van der Waals surface area (Å²) in [4.78, 5) is 37.3. The first-order valence-corrected chi connectivity index (χ1v) is 9.86. The lowest BCUT2D eigenvalue weighted by Gasteiger charge is -2.08. The predicted molar refractivity (Wildman–Crippen MR) is 114 cm³/mol. The van der Waals surface area contributed by atoms with Crippen LogP contribution in [0.15, 0.2) is 83.8 Å². The summed E-state index contributed by atoms with van der Waals surface area (Å²) in [5.41, 5.74) is 1.98. The molecule has 146 valence electrons. The highest BCUT2D eigenvalue weighted by atomic mass is 32.2. The van der Waals surface area contributed by atoms with Crippen molar-refractivity contribution < 1.29 is 19.1 Å². The fourth-order valence-corrected chi connectivity index (χ4v) is 3.48. The van der Waals surface area contributed by atoms with Crippen LogP contribution in [0.2, 0.25) is 0 Å². The molecule has 0 spiro atoms. The molecule has 0 bridgehead atoms. The molecule has 0 saturated carbocycles. The standard InChI is InChI=1S/C23H19NO4S/c1-28-23(27)18-10-5-11-19(13-18)24-22(26)17-9-6-12-20(14-17)29-15-21(25)16-7-3-2-4-8-16/h2-14H,15H2,1H3,(H,24,26). The number of anilines is 1. The van der Waals surface area contributed by atoms with Crippen LogP contribution in [-0.2, 0) is 4.74 Å². The van der Waals surface area contributed by atoms with Gasteiger partial charge in [-0.05, 0) is 36.4 Å². The normalized spacial score (nSPS) is 10.2. The number of Topliss-reactive ketones (excluding diaryl/α,β-unsaturated/α-hetero) is 1. The van der Waals surface area contributed by atoms with Crippen LogP contribution in [0.1, 0.15) is 31.1 Å². The summed E-state index contributed by atoms with van der Waals surface area (Å²) in [5, 5.41) is 2.77. The summed E-state index contributed by atoms with van der Waals surface area (Å²) in [7, 11) is 1.30. The van der Waals surface area contributed by atoms with Gasteiger partial charge in [0.05, 0.1) is 18.4 Å². The van der Waals surface area contributed by atoms with E-state index in [1.165, 1.54) is 18.9 Å². The molecule has 0 aliphatic rings. The topological polar surface area (TPSA) is 72.5 Å². The molecule has 6 heteroatoms. The number of esters is 1. The van der Waals surface area contributed by atoms with Crippen LogP contribution in [0.25, 0.3) is 0 Å². The summed E-state index contributed by atoms with van der Waals surface area (Å²) < 4.78 is 4.69. The van der Waals surface area contributed by atoms with Crippen molar-refractivity contribution in [3.05, 3.63) is 95.6 Å². The van der Waals surface area contributed by atoms with Gasteiger partial charge in [-0.1, -0.05) is 42.5 Å². The Morgan fingerprint density at radius 1 is 0.828 bits per heavy atom. The van der Waals surface area contributed by atoms with Crippen molar-refractivity contribution in [3.63, 3.8) is 0 Å². The molecule has 29 heavy (non-hydrogen) atoms. The van der Waals surface area contributed by atoms with Crippen molar-refractivity contribution in [2.75, 3.05) is 18.2 Å². The second kappa shape index (κ2) is 9.71. The van der Waals surface area contributed by atoms with Crippen LogP contribution in [-0.4, -0.2) is 30.5 Å².